The van der Waals surface area contributed by atoms with Gasteiger partial charge < -0.3 is 5.11 Å². The molecule has 1 rings (SSSR count). The molecule has 0 saturated heterocycles. The van der Waals surface area contributed by atoms with Crippen molar-refractivity contribution in [3.8, 4) is 5.75 Å². The van der Waals surface area contributed by atoms with Gasteiger partial charge in [0.05, 0.1) is 4.47 Å². The highest BCUT2D eigenvalue weighted by Crippen LogP contribution is 2.34. The SMILES string of the molecule is Cc1cc(CBr)c(O)c(Br)c1C. The Morgan fingerprint density at radius 1 is 1.42 bits per heavy atom. The minimum Gasteiger partial charge on any atom is -0.506 e. The molecule has 66 valence electrons. The Bertz CT molecular complexity index is 308. The van der Waals surface area contributed by atoms with E-state index in [1.165, 1.54) is 5.56 Å². The van der Waals surface area contributed by atoms with E-state index in [2.05, 4.69) is 31.9 Å². The number of phenols is 1. The summed E-state index contributed by atoms with van der Waals surface area (Å²) < 4.78 is 0.803. The van der Waals surface area contributed by atoms with Gasteiger partial charge in [0.25, 0.3) is 0 Å². The first-order valence-electron chi connectivity index (χ1n) is 3.61. The highest BCUT2D eigenvalue weighted by atomic mass is 79.9. The molecular weight excluding hydrogens is 284 g/mol. The summed E-state index contributed by atoms with van der Waals surface area (Å²) in [5.74, 6) is 0.343. The van der Waals surface area contributed by atoms with Crippen LogP contribution in [0.5, 0.6) is 5.75 Å². The average Bonchev–Trinajstić information content (AvgIpc) is 2.08. The van der Waals surface area contributed by atoms with Gasteiger partial charge >= 0.3 is 0 Å². The maximum absolute atomic E-state index is 9.63. The summed E-state index contributed by atoms with van der Waals surface area (Å²) in [5, 5.41) is 10.3. The van der Waals surface area contributed by atoms with Crippen molar-refractivity contribution in [2.75, 3.05) is 0 Å². The largest absolute Gasteiger partial charge is 0.506 e. The molecule has 0 bridgehead atoms. The molecule has 0 spiro atoms. The van der Waals surface area contributed by atoms with Crippen molar-refractivity contribution < 1.29 is 5.11 Å². The lowest BCUT2D eigenvalue weighted by Gasteiger charge is -2.09. The van der Waals surface area contributed by atoms with E-state index in [0.717, 1.165) is 15.6 Å². The van der Waals surface area contributed by atoms with E-state index in [0.29, 0.717) is 11.1 Å². The predicted molar refractivity (Wildman–Crippen MR) is 57.9 cm³/mol. The monoisotopic (exact) mass is 292 g/mol. The smallest absolute Gasteiger partial charge is 0.134 e. The second-order valence-corrected chi connectivity index (χ2v) is 4.13. The van der Waals surface area contributed by atoms with Crippen LogP contribution in [0.25, 0.3) is 0 Å². The van der Waals surface area contributed by atoms with Crippen molar-refractivity contribution in [1.82, 2.24) is 0 Å². The number of aromatic hydroxyl groups is 1. The van der Waals surface area contributed by atoms with Gasteiger partial charge in [-0.05, 0) is 40.9 Å². The third kappa shape index (κ3) is 1.67. The Kier molecular flexibility index (Phi) is 3.18. The molecule has 12 heavy (non-hydrogen) atoms. The molecule has 1 aromatic rings. The predicted octanol–water partition coefficient (Wildman–Crippen LogP) is 3.67. The summed E-state index contributed by atoms with van der Waals surface area (Å²) in [5.41, 5.74) is 3.20. The Labute approximate surface area is 89.1 Å². The van der Waals surface area contributed by atoms with Crippen LogP contribution in [0.2, 0.25) is 0 Å². The molecule has 0 fully saturated rings. The summed E-state index contributed by atoms with van der Waals surface area (Å²) in [6.07, 6.45) is 0. The molecule has 0 saturated carbocycles. The zero-order valence-electron chi connectivity index (χ0n) is 6.99. The minimum absolute atomic E-state index is 0.343. The first kappa shape index (κ1) is 10.1. The van der Waals surface area contributed by atoms with E-state index in [1.807, 2.05) is 19.9 Å². The Balaban J connectivity index is 3.39. The third-order valence-electron chi connectivity index (χ3n) is 1.97. The number of aryl methyl sites for hydroxylation is 1. The fourth-order valence-electron chi connectivity index (χ4n) is 1.03. The second-order valence-electron chi connectivity index (χ2n) is 2.77. The van der Waals surface area contributed by atoms with Crippen LogP contribution in [0, 0.1) is 13.8 Å². The Morgan fingerprint density at radius 2 is 2.00 bits per heavy atom. The van der Waals surface area contributed by atoms with Gasteiger partial charge in [0, 0.05) is 10.9 Å². The zero-order chi connectivity index (χ0) is 9.30. The zero-order valence-corrected chi connectivity index (χ0v) is 10.2. The van der Waals surface area contributed by atoms with E-state index in [1.54, 1.807) is 0 Å². The number of hydrogen-bond acceptors (Lipinski definition) is 1. The summed E-state index contributed by atoms with van der Waals surface area (Å²) in [6.45, 7) is 4.02. The van der Waals surface area contributed by atoms with Crippen molar-refractivity contribution in [3.05, 3.63) is 27.2 Å². The molecule has 0 aliphatic rings. The number of alkyl halides is 1. The van der Waals surface area contributed by atoms with Crippen molar-refractivity contribution in [2.24, 2.45) is 0 Å². The lowest BCUT2D eigenvalue weighted by Crippen LogP contribution is -1.88. The van der Waals surface area contributed by atoms with Crippen molar-refractivity contribution in [2.45, 2.75) is 19.2 Å². The van der Waals surface area contributed by atoms with Crippen LogP contribution in [0.4, 0.5) is 0 Å². The van der Waals surface area contributed by atoms with Gasteiger partial charge in [0.1, 0.15) is 5.75 Å². The molecule has 0 aromatic heterocycles. The highest BCUT2D eigenvalue weighted by Gasteiger charge is 2.09. The number of halogens is 2. The summed E-state index contributed by atoms with van der Waals surface area (Å²) in [6, 6.07) is 1.99. The van der Waals surface area contributed by atoms with Crippen molar-refractivity contribution in [1.29, 1.82) is 0 Å². The lowest BCUT2D eigenvalue weighted by atomic mass is 10.1. The van der Waals surface area contributed by atoms with Crippen LogP contribution < -0.4 is 0 Å². The quantitative estimate of drug-likeness (QED) is 0.784. The van der Waals surface area contributed by atoms with Crippen LogP contribution in [-0.4, -0.2) is 5.11 Å². The molecule has 0 heterocycles. The number of benzene rings is 1. The normalized spacial score (nSPS) is 10.3. The molecule has 0 amide bonds. The van der Waals surface area contributed by atoms with E-state index >= 15 is 0 Å². The molecule has 0 radical (unpaired) electrons. The third-order valence-corrected chi connectivity index (χ3v) is 3.54. The standard InChI is InChI=1S/C9H10Br2O/c1-5-3-7(4-10)9(12)8(11)6(5)2/h3,12H,4H2,1-2H3. The van der Waals surface area contributed by atoms with E-state index in [4.69, 9.17) is 0 Å². The van der Waals surface area contributed by atoms with Crippen LogP contribution in [0.3, 0.4) is 0 Å². The first-order valence-corrected chi connectivity index (χ1v) is 5.53. The minimum atomic E-state index is 0.343. The Hall–Kier alpha value is -0.0200. The molecule has 0 atom stereocenters. The number of hydrogen-bond donors (Lipinski definition) is 1. The van der Waals surface area contributed by atoms with Crippen molar-refractivity contribution >= 4 is 31.9 Å². The van der Waals surface area contributed by atoms with Gasteiger partial charge in [-0.15, -0.1) is 0 Å². The fraction of sp³-hybridized carbons (Fsp3) is 0.333. The molecule has 1 aromatic carbocycles. The van der Waals surface area contributed by atoms with Crippen LogP contribution >= 0.6 is 31.9 Å². The highest BCUT2D eigenvalue weighted by molar-refractivity contribution is 9.10. The average molecular weight is 294 g/mol. The van der Waals surface area contributed by atoms with E-state index in [-0.39, 0.29) is 0 Å². The lowest BCUT2D eigenvalue weighted by molar-refractivity contribution is 0.466. The van der Waals surface area contributed by atoms with Crippen molar-refractivity contribution in [3.63, 3.8) is 0 Å². The van der Waals surface area contributed by atoms with Gasteiger partial charge in [-0.3, -0.25) is 0 Å². The molecule has 1 N–H and O–H groups in total. The number of rotatable bonds is 1. The first-order chi connectivity index (χ1) is 5.57. The van der Waals surface area contributed by atoms with Crippen LogP contribution in [-0.2, 0) is 5.33 Å². The summed E-state index contributed by atoms with van der Waals surface area (Å²) >= 11 is 6.67. The van der Waals surface area contributed by atoms with Gasteiger partial charge in [-0.2, -0.15) is 0 Å². The maximum atomic E-state index is 9.63. The topological polar surface area (TPSA) is 20.2 Å². The van der Waals surface area contributed by atoms with E-state index in [9.17, 15) is 5.11 Å². The molecule has 1 nitrogen and oxygen atoms in total. The summed E-state index contributed by atoms with van der Waals surface area (Å²) in [4.78, 5) is 0. The molecule has 0 unspecified atom stereocenters. The Morgan fingerprint density at radius 3 is 2.50 bits per heavy atom. The molecular formula is C9H10Br2O. The molecule has 3 heteroatoms. The van der Waals surface area contributed by atoms with Gasteiger partial charge in [0.15, 0.2) is 0 Å². The second kappa shape index (κ2) is 3.79. The number of phenolic OH excluding ortho intramolecular Hbond substituents is 1. The molecule has 0 aliphatic carbocycles. The summed E-state index contributed by atoms with van der Waals surface area (Å²) in [7, 11) is 0. The maximum Gasteiger partial charge on any atom is 0.134 e. The fourth-order valence-corrected chi connectivity index (χ4v) is 2.03. The van der Waals surface area contributed by atoms with E-state index < -0.39 is 0 Å². The van der Waals surface area contributed by atoms with Gasteiger partial charge in [0.2, 0.25) is 0 Å². The van der Waals surface area contributed by atoms with Gasteiger partial charge in [-0.1, -0.05) is 22.0 Å². The van der Waals surface area contributed by atoms with Gasteiger partial charge in [-0.25, -0.2) is 0 Å². The van der Waals surface area contributed by atoms with Crippen LogP contribution in [0.15, 0.2) is 10.5 Å². The van der Waals surface area contributed by atoms with Crippen LogP contribution in [0.1, 0.15) is 16.7 Å². The molecule has 0 aliphatic heterocycles.